The second-order valence-electron chi connectivity index (χ2n) is 5.03. The van der Waals surface area contributed by atoms with Crippen molar-refractivity contribution in [1.82, 2.24) is 16.2 Å². The third-order valence-electron chi connectivity index (χ3n) is 3.10. The highest BCUT2D eigenvalue weighted by molar-refractivity contribution is 9.10. The smallest absolute Gasteiger partial charge is 0.269 e. The molecule has 0 bridgehead atoms. The average Bonchev–Trinajstić information content (AvgIpc) is 3.03. The van der Waals surface area contributed by atoms with Crippen molar-refractivity contribution < 1.29 is 18.7 Å². The number of carbonyl (C=O) groups is 2. The van der Waals surface area contributed by atoms with Crippen LogP contribution in [0.25, 0.3) is 6.08 Å². The molecule has 0 unspecified atom stereocenters. The number of thiocarbonyl (C=S) groups is 1. The van der Waals surface area contributed by atoms with Crippen molar-refractivity contribution in [3.05, 3.63) is 58.0 Å². The molecule has 0 spiro atoms. The van der Waals surface area contributed by atoms with Crippen molar-refractivity contribution in [1.29, 1.82) is 0 Å². The van der Waals surface area contributed by atoms with E-state index in [9.17, 15) is 9.59 Å². The summed E-state index contributed by atoms with van der Waals surface area (Å²) in [5.41, 5.74) is 5.24. The number of furan rings is 1. The first-order valence-electron chi connectivity index (χ1n) is 7.38. The summed E-state index contributed by atoms with van der Waals surface area (Å²) >= 11 is 8.26. The van der Waals surface area contributed by atoms with Gasteiger partial charge in [0, 0.05) is 11.6 Å². The van der Waals surface area contributed by atoms with Crippen LogP contribution in [0, 0.1) is 6.92 Å². The molecule has 2 aromatic rings. The third kappa shape index (κ3) is 5.71. The van der Waals surface area contributed by atoms with Gasteiger partial charge >= 0.3 is 0 Å². The lowest BCUT2D eigenvalue weighted by Gasteiger charge is -2.10. The molecule has 7 nitrogen and oxygen atoms in total. The predicted octanol–water partition coefficient (Wildman–Crippen LogP) is 2.71. The molecule has 1 aromatic heterocycles. The second kappa shape index (κ2) is 9.16. The number of benzene rings is 1. The van der Waals surface area contributed by atoms with Crippen LogP contribution in [0.1, 0.15) is 21.9 Å². The van der Waals surface area contributed by atoms with Gasteiger partial charge in [-0.15, -0.1) is 0 Å². The van der Waals surface area contributed by atoms with Crippen LogP contribution in [-0.4, -0.2) is 24.0 Å². The largest absolute Gasteiger partial charge is 0.496 e. The summed E-state index contributed by atoms with van der Waals surface area (Å²) in [5, 5.41) is 2.36. The maximum Gasteiger partial charge on any atom is 0.269 e. The van der Waals surface area contributed by atoms with Gasteiger partial charge in [-0.05, 0) is 71.5 Å². The molecule has 0 saturated carbocycles. The number of ether oxygens (including phenoxy) is 1. The number of rotatable bonds is 4. The number of hydrogen-bond donors (Lipinski definition) is 3. The van der Waals surface area contributed by atoms with Crippen LogP contribution in [0.15, 0.2) is 45.3 Å². The van der Waals surface area contributed by atoms with Crippen molar-refractivity contribution in [2.24, 2.45) is 0 Å². The van der Waals surface area contributed by atoms with Crippen LogP contribution in [0.4, 0.5) is 0 Å². The minimum Gasteiger partial charge on any atom is -0.496 e. The standard InChI is InChI=1S/C17H16BrN3O4S/c1-10-3-5-12(25-10)6-8-15(22)19-17(26)21-20-16(23)11-4-7-14(24-2)13(18)9-11/h3-9H,1-2H3,(H,20,23)(H2,19,21,22,26). The Kier molecular flexibility index (Phi) is 6.93. The van der Waals surface area contributed by atoms with Crippen molar-refractivity contribution in [2.75, 3.05) is 7.11 Å². The minimum absolute atomic E-state index is 0.0452. The van der Waals surface area contributed by atoms with E-state index in [4.69, 9.17) is 21.4 Å². The number of aryl methyl sites for hydroxylation is 1. The molecule has 1 heterocycles. The molecular formula is C17H16BrN3O4S. The van der Waals surface area contributed by atoms with Gasteiger partial charge in [-0.25, -0.2) is 0 Å². The maximum absolute atomic E-state index is 12.1. The zero-order valence-electron chi connectivity index (χ0n) is 14.0. The molecule has 2 rings (SSSR count). The lowest BCUT2D eigenvalue weighted by molar-refractivity contribution is -0.115. The molecule has 0 atom stereocenters. The van der Waals surface area contributed by atoms with Gasteiger partial charge in [-0.3, -0.25) is 25.8 Å². The fourth-order valence-corrected chi connectivity index (χ4v) is 2.57. The van der Waals surface area contributed by atoms with E-state index in [0.717, 1.165) is 5.76 Å². The van der Waals surface area contributed by atoms with E-state index < -0.39 is 11.8 Å². The first kappa shape index (κ1) is 19.7. The number of nitrogens with one attached hydrogen (secondary N) is 3. The van der Waals surface area contributed by atoms with E-state index in [-0.39, 0.29) is 5.11 Å². The Morgan fingerprint density at radius 3 is 2.62 bits per heavy atom. The number of hydrazine groups is 1. The van der Waals surface area contributed by atoms with E-state index in [0.29, 0.717) is 21.5 Å². The van der Waals surface area contributed by atoms with Gasteiger partial charge in [0.1, 0.15) is 17.3 Å². The summed E-state index contributed by atoms with van der Waals surface area (Å²) in [6.07, 6.45) is 2.78. The van der Waals surface area contributed by atoms with Crippen molar-refractivity contribution in [3.63, 3.8) is 0 Å². The topological polar surface area (TPSA) is 92.6 Å². The first-order valence-corrected chi connectivity index (χ1v) is 8.58. The Labute approximate surface area is 163 Å². The number of carbonyl (C=O) groups excluding carboxylic acids is 2. The number of methoxy groups -OCH3 is 1. The van der Waals surface area contributed by atoms with Gasteiger partial charge in [-0.1, -0.05) is 0 Å². The van der Waals surface area contributed by atoms with Crippen molar-refractivity contribution in [2.45, 2.75) is 6.92 Å². The Morgan fingerprint density at radius 2 is 2.00 bits per heavy atom. The van der Waals surface area contributed by atoms with Gasteiger partial charge in [0.25, 0.3) is 5.91 Å². The van der Waals surface area contributed by atoms with E-state index >= 15 is 0 Å². The fourth-order valence-electron chi connectivity index (χ4n) is 1.88. The molecule has 0 fully saturated rings. The molecule has 0 saturated heterocycles. The third-order valence-corrected chi connectivity index (χ3v) is 3.92. The molecule has 0 aliphatic rings. The molecule has 0 radical (unpaired) electrons. The molecule has 136 valence electrons. The van der Waals surface area contributed by atoms with Crippen LogP contribution in [0.2, 0.25) is 0 Å². The zero-order valence-corrected chi connectivity index (χ0v) is 16.4. The SMILES string of the molecule is COc1ccc(C(=O)NNC(=S)NC(=O)C=Cc2ccc(C)o2)cc1Br. The van der Waals surface area contributed by atoms with Crippen molar-refractivity contribution >= 4 is 51.2 Å². The molecule has 3 N–H and O–H groups in total. The van der Waals surface area contributed by atoms with Crippen LogP contribution in [-0.2, 0) is 4.79 Å². The highest BCUT2D eigenvalue weighted by Gasteiger charge is 2.09. The summed E-state index contributed by atoms with van der Waals surface area (Å²) in [7, 11) is 1.53. The fraction of sp³-hybridized carbons (Fsp3) is 0.118. The molecule has 0 aliphatic carbocycles. The number of amides is 2. The van der Waals surface area contributed by atoms with E-state index in [1.54, 1.807) is 37.3 Å². The predicted molar refractivity (Wildman–Crippen MR) is 105 cm³/mol. The Hall–Kier alpha value is -2.65. The normalized spacial score (nSPS) is 10.4. The summed E-state index contributed by atoms with van der Waals surface area (Å²) in [5.74, 6) is 1.02. The van der Waals surface area contributed by atoms with Gasteiger partial charge in [0.2, 0.25) is 5.91 Å². The molecule has 2 amide bonds. The Bertz CT molecular complexity index is 863. The molecule has 26 heavy (non-hydrogen) atoms. The van der Waals surface area contributed by atoms with Crippen LogP contribution < -0.4 is 20.9 Å². The summed E-state index contributed by atoms with van der Waals surface area (Å²) < 4.78 is 11.1. The van der Waals surface area contributed by atoms with Gasteiger partial charge in [0.15, 0.2) is 5.11 Å². The number of halogens is 1. The first-order chi connectivity index (χ1) is 12.4. The molecular weight excluding hydrogens is 422 g/mol. The lowest BCUT2D eigenvalue weighted by atomic mass is 10.2. The summed E-state index contributed by atoms with van der Waals surface area (Å²) in [4.78, 5) is 23.8. The average molecular weight is 438 g/mol. The highest BCUT2D eigenvalue weighted by Crippen LogP contribution is 2.25. The quantitative estimate of drug-likeness (QED) is 0.386. The van der Waals surface area contributed by atoms with Gasteiger partial charge < -0.3 is 9.15 Å². The maximum atomic E-state index is 12.1. The molecule has 0 aliphatic heterocycles. The van der Waals surface area contributed by atoms with Crippen LogP contribution in [0.5, 0.6) is 5.75 Å². The molecule has 9 heteroatoms. The summed E-state index contributed by atoms with van der Waals surface area (Å²) in [6.45, 7) is 1.81. The van der Waals surface area contributed by atoms with E-state index in [2.05, 4.69) is 32.1 Å². The molecule has 1 aromatic carbocycles. The number of hydrogen-bond acceptors (Lipinski definition) is 5. The summed E-state index contributed by atoms with van der Waals surface area (Å²) in [6, 6.07) is 8.38. The van der Waals surface area contributed by atoms with Crippen molar-refractivity contribution in [3.8, 4) is 5.75 Å². The lowest BCUT2D eigenvalue weighted by Crippen LogP contribution is -2.48. The van der Waals surface area contributed by atoms with E-state index in [1.165, 1.54) is 19.3 Å². The van der Waals surface area contributed by atoms with Crippen LogP contribution >= 0.6 is 28.1 Å². The zero-order chi connectivity index (χ0) is 19.1. The Morgan fingerprint density at radius 1 is 1.23 bits per heavy atom. The minimum atomic E-state index is -0.460. The van der Waals surface area contributed by atoms with Gasteiger partial charge in [-0.2, -0.15) is 0 Å². The van der Waals surface area contributed by atoms with Crippen LogP contribution in [0.3, 0.4) is 0 Å². The Balaban J connectivity index is 1.82. The van der Waals surface area contributed by atoms with Gasteiger partial charge in [0.05, 0.1) is 11.6 Å². The monoisotopic (exact) mass is 437 g/mol. The second-order valence-corrected chi connectivity index (χ2v) is 6.29. The highest BCUT2D eigenvalue weighted by atomic mass is 79.9. The van der Waals surface area contributed by atoms with E-state index in [1.807, 2.05) is 0 Å².